The van der Waals surface area contributed by atoms with Gasteiger partial charge < -0.3 is 5.32 Å². The third kappa shape index (κ3) is 4.45. The van der Waals surface area contributed by atoms with E-state index >= 15 is 0 Å². The second-order valence-corrected chi connectivity index (χ2v) is 9.65. The second-order valence-electron chi connectivity index (χ2n) is 8.83. The van der Waals surface area contributed by atoms with Gasteiger partial charge in [-0.2, -0.15) is 18.3 Å². The van der Waals surface area contributed by atoms with E-state index < -0.39 is 23.8 Å². The van der Waals surface area contributed by atoms with Crippen LogP contribution in [0.2, 0.25) is 10.0 Å². The summed E-state index contributed by atoms with van der Waals surface area (Å²) in [5, 5.41) is 7.47. The zero-order valence-electron chi connectivity index (χ0n) is 18.6. The predicted molar refractivity (Wildman–Crippen MR) is 128 cm³/mol. The van der Waals surface area contributed by atoms with Gasteiger partial charge in [-0.3, -0.25) is 4.79 Å². The van der Waals surface area contributed by atoms with E-state index in [0.29, 0.717) is 16.3 Å². The first-order valence-corrected chi connectivity index (χ1v) is 11.9. The second kappa shape index (κ2) is 8.99. The SMILES string of the molecule is CC1=Nc2cc(C(F)(F)F)nn2C(c2ccc(Cl)c(Cl)c2)C1C(=O)NC1CCCc2ccccc21. The van der Waals surface area contributed by atoms with Crippen LogP contribution >= 0.6 is 23.2 Å². The van der Waals surface area contributed by atoms with Crippen molar-refractivity contribution in [2.24, 2.45) is 10.9 Å². The lowest BCUT2D eigenvalue weighted by molar-refractivity contribution is -0.141. The maximum atomic E-state index is 13.7. The topological polar surface area (TPSA) is 59.3 Å². The van der Waals surface area contributed by atoms with Gasteiger partial charge in [0.2, 0.25) is 5.91 Å². The fourth-order valence-electron chi connectivity index (χ4n) is 4.96. The fourth-order valence-corrected chi connectivity index (χ4v) is 5.27. The van der Waals surface area contributed by atoms with E-state index in [2.05, 4.69) is 15.4 Å². The first-order chi connectivity index (χ1) is 16.6. The third-order valence-corrected chi connectivity index (χ3v) is 7.32. The van der Waals surface area contributed by atoms with Gasteiger partial charge >= 0.3 is 6.18 Å². The van der Waals surface area contributed by atoms with Crippen LogP contribution < -0.4 is 5.32 Å². The Hall–Kier alpha value is -2.84. The Bertz CT molecular complexity index is 1330. The highest BCUT2D eigenvalue weighted by Gasteiger charge is 2.43. The summed E-state index contributed by atoms with van der Waals surface area (Å²) in [6.07, 6.45) is -2.02. The van der Waals surface area contributed by atoms with E-state index in [9.17, 15) is 18.0 Å². The van der Waals surface area contributed by atoms with Crippen molar-refractivity contribution in [2.75, 3.05) is 0 Å². The molecular formula is C25H21Cl2F3N4O. The minimum atomic E-state index is -4.65. The normalized spacial score (nSPS) is 21.7. The van der Waals surface area contributed by atoms with Crippen molar-refractivity contribution in [3.05, 3.63) is 81.0 Å². The van der Waals surface area contributed by atoms with Crippen LogP contribution in [0.1, 0.15) is 54.2 Å². The van der Waals surface area contributed by atoms with Gasteiger partial charge in [0, 0.05) is 11.8 Å². The minimum absolute atomic E-state index is 0.0259. The number of carbonyl (C=O) groups excluding carboxylic acids is 1. The van der Waals surface area contributed by atoms with Crippen LogP contribution in [0.15, 0.2) is 53.5 Å². The van der Waals surface area contributed by atoms with Crippen LogP contribution in [0.25, 0.3) is 0 Å². The molecule has 5 nitrogen and oxygen atoms in total. The lowest BCUT2D eigenvalue weighted by Crippen LogP contribution is -2.44. The molecule has 3 unspecified atom stereocenters. The zero-order valence-corrected chi connectivity index (χ0v) is 20.1. The predicted octanol–water partition coefficient (Wildman–Crippen LogP) is 6.71. The number of halogens is 5. The molecule has 5 rings (SSSR count). The number of aromatic nitrogens is 2. The summed E-state index contributed by atoms with van der Waals surface area (Å²) in [5.74, 6) is -1.20. The smallest absolute Gasteiger partial charge is 0.349 e. The minimum Gasteiger partial charge on any atom is -0.349 e. The van der Waals surface area contributed by atoms with Gasteiger partial charge in [-0.1, -0.05) is 53.5 Å². The standard InChI is InChI=1S/C25H21Cl2F3N4O/c1-13-22(24(35)32-19-8-4-6-14-5-2-3-7-16(14)19)23(15-9-10-17(26)18(27)11-15)34-21(31-13)12-20(33-34)25(28,29)30/h2-3,5,7,9-12,19,22-23H,4,6,8H2,1H3,(H,32,35). The fraction of sp³-hybridized carbons (Fsp3) is 0.320. The van der Waals surface area contributed by atoms with Crippen LogP contribution in [-0.4, -0.2) is 21.4 Å². The van der Waals surface area contributed by atoms with Crippen LogP contribution in [-0.2, 0) is 17.4 Å². The quantitative estimate of drug-likeness (QED) is 0.416. The summed E-state index contributed by atoms with van der Waals surface area (Å²) in [6.45, 7) is 1.65. The molecule has 3 aromatic rings. The van der Waals surface area contributed by atoms with Gasteiger partial charge in [0.05, 0.1) is 22.1 Å². The summed E-state index contributed by atoms with van der Waals surface area (Å²) < 4.78 is 41.6. The number of rotatable bonds is 3. The average Bonchev–Trinajstić information content (AvgIpc) is 3.24. The Morgan fingerprint density at radius 2 is 1.89 bits per heavy atom. The molecular weight excluding hydrogens is 500 g/mol. The largest absolute Gasteiger partial charge is 0.435 e. The number of nitrogens with zero attached hydrogens (tertiary/aromatic N) is 3. The molecule has 0 radical (unpaired) electrons. The van der Waals surface area contributed by atoms with Gasteiger partial charge in [0.1, 0.15) is 5.92 Å². The maximum absolute atomic E-state index is 13.7. The van der Waals surface area contributed by atoms with Crippen LogP contribution in [0.3, 0.4) is 0 Å². The van der Waals surface area contributed by atoms with E-state index in [0.717, 1.165) is 35.6 Å². The van der Waals surface area contributed by atoms with Crippen LogP contribution in [0.5, 0.6) is 0 Å². The molecule has 3 atom stereocenters. The Labute approximate surface area is 210 Å². The maximum Gasteiger partial charge on any atom is 0.435 e. The summed E-state index contributed by atoms with van der Waals surface area (Å²) >= 11 is 12.3. The van der Waals surface area contributed by atoms with E-state index in [4.69, 9.17) is 23.2 Å². The first-order valence-electron chi connectivity index (χ1n) is 11.2. The van der Waals surface area contributed by atoms with E-state index in [1.807, 2.05) is 24.3 Å². The van der Waals surface area contributed by atoms with Crippen molar-refractivity contribution in [1.82, 2.24) is 15.1 Å². The lowest BCUT2D eigenvalue weighted by Gasteiger charge is -2.34. The highest BCUT2D eigenvalue weighted by molar-refractivity contribution is 6.42. The van der Waals surface area contributed by atoms with Gasteiger partial charge in [-0.25, -0.2) is 9.67 Å². The van der Waals surface area contributed by atoms with E-state index in [-0.39, 0.29) is 22.8 Å². The van der Waals surface area contributed by atoms with Crippen molar-refractivity contribution in [2.45, 2.75) is 44.4 Å². The van der Waals surface area contributed by atoms with Crippen LogP contribution in [0.4, 0.5) is 19.0 Å². The molecule has 0 saturated carbocycles. The van der Waals surface area contributed by atoms with Gasteiger partial charge in [0.25, 0.3) is 0 Å². The summed E-state index contributed by atoms with van der Waals surface area (Å²) in [6, 6.07) is 12.5. The number of hydrogen-bond acceptors (Lipinski definition) is 3. The molecule has 1 amide bonds. The molecule has 0 spiro atoms. The average molecular weight is 521 g/mol. The summed E-state index contributed by atoms with van der Waals surface area (Å²) in [7, 11) is 0. The molecule has 1 aromatic heterocycles. The molecule has 1 N–H and O–H groups in total. The highest BCUT2D eigenvalue weighted by atomic mass is 35.5. The number of amides is 1. The number of carbonyl (C=O) groups is 1. The van der Waals surface area contributed by atoms with Crippen molar-refractivity contribution in [3.8, 4) is 0 Å². The Balaban J connectivity index is 1.56. The lowest BCUT2D eigenvalue weighted by atomic mass is 9.85. The number of fused-ring (bicyclic) bond motifs is 2. The Kier molecular flexibility index (Phi) is 6.13. The molecule has 0 bridgehead atoms. The molecule has 10 heteroatoms. The molecule has 182 valence electrons. The molecule has 2 heterocycles. The zero-order chi connectivity index (χ0) is 24.9. The Morgan fingerprint density at radius 1 is 1.11 bits per heavy atom. The molecule has 1 aliphatic carbocycles. The Morgan fingerprint density at radius 3 is 2.63 bits per heavy atom. The van der Waals surface area contributed by atoms with Gasteiger partial charge in [-0.15, -0.1) is 0 Å². The number of aryl methyl sites for hydroxylation is 1. The molecule has 0 saturated heterocycles. The first kappa shape index (κ1) is 23.9. The number of hydrogen-bond donors (Lipinski definition) is 1. The van der Waals surface area contributed by atoms with Crippen molar-refractivity contribution in [1.29, 1.82) is 0 Å². The molecule has 2 aromatic carbocycles. The number of alkyl halides is 3. The third-order valence-electron chi connectivity index (χ3n) is 6.58. The van der Waals surface area contributed by atoms with E-state index in [1.54, 1.807) is 25.1 Å². The molecule has 35 heavy (non-hydrogen) atoms. The van der Waals surface area contributed by atoms with E-state index in [1.165, 1.54) is 5.56 Å². The van der Waals surface area contributed by atoms with Crippen molar-refractivity contribution < 1.29 is 18.0 Å². The monoisotopic (exact) mass is 520 g/mol. The number of aliphatic imine (C=N–C) groups is 1. The van der Waals surface area contributed by atoms with Crippen LogP contribution in [0, 0.1) is 5.92 Å². The highest BCUT2D eigenvalue weighted by Crippen LogP contribution is 2.41. The van der Waals surface area contributed by atoms with Gasteiger partial charge in [0.15, 0.2) is 11.5 Å². The number of benzene rings is 2. The molecule has 2 aliphatic rings. The molecule has 1 aliphatic heterocycles. The van der Waals surface area contributed by atoms with Crippen molar-refractivity contribution in [3.63, 3.8) is 0 Å². The summed E-state index contributed by atoms with van der Waals surface area (Å²) in [4.78, 5) is 18.1. The van der Waals surface area contributed by atoms with Gasteiger partial charge in [-0.05, 0) is 55.0 Å². The van der Waals surface area contributed by atoms with Crippen molar-refractivity contribution >= 4 is 40.6 Å². The number of nitrogens with one attached hydrogen (secondary N) is 1. The molecule has 0 fully saturated rings. The summed E-state index contributed by atoms with van der Waals surface area (Å²) in [5.41, 5.74) is 2.07.